The number of ketones is 1. The van der Waals surface area contributed by atoms with Gasteiger partial charge in [0.15, 0.2) is 5.78 Å². The molecule has 0 fully saturated rings. The van der Waals surface area contributed by atoms with E-state index < -0.39 is 11.7 Å². The molecule has 9 nitrogen and oxygen atoms in total. The van der Waals surface area contributed by atoms with Gasteiger partial charge in [-0.15, -0.1) is 5.10 Å². The minimum Gasteiger partial charge on any atom is -0.350 e. The van der Waals surface area contributed by atoms with Crippen LogP contribution in [0.2, 0.25) is 0 Å². The molecule has 0 saturated carbocycles. The first kappa shape index (κ1) is 25.1. The predicted molar refractivity (Wildman–Crippen MR) is 139 cm³/mol. The van der Waals surface area contributed by atoms with Crippen molar-refractivity contribution in [3.05, 3.63) is 79.5 Å². The number of carbonyl (C=O) groups excluding carboxylic acids is 2. The van der Waals surface area contributed by atoms with Crippen LogP contribution in [-0.4, -0.2) is 36.5 Å². The Hall–Kier alpha value is -4.01. The zero-order chi connectivity index (χ0) is 26.3. The molecule has 4 rings (SSSR count). The van der Waals surface area contributed by atoms with Crippen LogP contribution in [0.1, 0.15) is 72.0 Å². The Morgan fingerprint density at radius 3 is 2.31 bits per heavy atom. The number of rotatable bonds is 7. The molecule has 2 heterocycles. The molecule has 0 aliphatic carbocycles. The van der Waals surface area contributed by atoms with Crippen molar-refractivity contribution in [3.63, 3.8) is 0 Å². The second-order valence-corrected chi connectivity index (χ2v) is 9.52. The molecule has 0 saturated heterocycles. The summed E-state index contributed by atoms with van der Waals surface area (Å²) in [5, 5.41) is 7.58. The molecule has 1 unspecified atom stereocenters. The summed E-state index contributed by atoms with van der Waals surface area (Å²) < 4.78 is 3.89. The minimum atomic E-state index is -0.896. The standard InChI is InChI=1S/C27H31N5O4/c1-7-12-30-25(35)21-11-10-20(24(34)28-15(2)3)14-22(21)31-26(30)29-32(27(31)36)18(6)23(33)19-9-8-16(4)17(5)13-19/h8-11,13-15,18H,7,12H2,1-6H3,(H,28,34). The summed E-state index contributed by atoms with van der Waals surface area (Å²) in [6, 6.07) is 9.11. The third-order valence-corrected chi connectivity index (χ3v) is 6.41. The van der Waals surface area contributed by atoms with Gasteiger partial charge in [0, 0.05) is 23.7 Å². The third-order valence-electron chi connectivity index (χ3n) is 6.41. The topological polar surface area (TPSA) is 107 Å². The second-order valence-electron chi connectivity index (χ2n) is 9.52. The Bertz CT molecular complexity index is 1620. The molecule has 36 heavy (non-hydrogen) atoms. The first-order valence-electron chi connectivity index (χ1n) is 12.1. The number of amides is 1. The van der Waals surface area contributed by atoms with Gasteiger partial charge in [-0.25, -0.2) is 13.9 Å². The highest BCUT2D eigenvalue weighted by molar-refractivity contribution is 5.99. The van der Waals surface area contributed by atoms with Gasteiger partial charge in [0.05, 0.1) is 10.9 Å². The van der Waals surface area contributed by atoms with E-state index in [1.54, 1.807) is 31.2 Å². The summed E-state index contributed by atoms with van der Waals surface area (Å²) in [6.45, 7) is 11.5. The largest absolute Gasteiger partial charge is 0.352 e. The highest BCUT2D eigenvalue weighted by Gasteiger charge is 2.25. The van der Waals surface area contributed by atoms with Gasteiger partial charge in [-0.1, -0.05) is 19.1 Å². The van der Waals surface area contributed by atoms with Crippen LogP contribution < -0.4 is 16.6 Å². The van der Waals surface area contributed by atoms with Gasteiger partial charge < -0.3 is 5.32 Å². The van der Waals surface area contributed by atoms with Gasteiger partial charge in [-0.2, -0.15) is 0 Å². The lowest BCUT2D eigenvalue weighted by molar-refractivity contribution is 0.0923. The number of benzene rings is 2. The predicted octanol–water partition coefficient (Wildman–Crippen LogP) is 3.42. The second kappa shape index (κ2) is 9.56. The van der Waals surface area contributed by atoms with Gasteiger partial charge in [0.25, 0.3) is 11.5 Å². The lowest BCUT2D eigenvalue weighted by Crippen LogP contribution is -2.31. The van der Waals surface area contributed by atoms with E-state index in [-0.39, 0.29) is 34.6 Å². The quantitative estimate of drug-likeness (QED) is 0.400. The fraction of sp³-hybridized carbons (Fsp3) is 0.370. The molecule has 2 aromatic carbocycles. The van der Waals surface area contributed by atoms with E-state index in [0.29, 0.717) is 29.5 Å². The van der Waals surface area contributed by atoms with Crippen LogP contribution in [0.25, 0.3) is 16.7 Å². The zero-order valence-corrected chi connectivity index (χ0v) is 21.5. The number of aryl methyl sites for hydroxylation is 3. The van der Waals surface area contributed by atoms with Crippen molar-refractivity contribution in [2.45, 2.75) is 66.6 Å². The highest BCUT2D eigenvalue weighted by Crippen LogP contribution is 2.19. The Balaban J connectivity index is 1.95. The average molecular weight is 490 g/mol. The number of hydrogen-bond donors (Lipinski definition) is 1. The van der Waals surface area contributed by atoms with E-state index in [1.165, 1.54) is 15.0 Å². The Morgan fingerprint density at radius 2 is 1.67 bits per heavy atom. The summed E-state index contributed by atoms with van der Waals surface area (Å²) in [7, 11) is 0. The van der Waals surface area contributed by atoms with Crippen LogP contribution in [0.15, 0.2) is 46.0 Å². The molecule has 0 aliphatic rings. The maximum absolute atomic E-state index is 13.7. The molecule has 0 aliphatic heterocycles. The molecular weight excluding hydrogens is 458 g/mol. The van der Waals surface area contributed by atoms with Gasteiger partial charge in [0.2, 0.25) is 5.78 Å². The summed E-state index contributed by atoms with van der Waals surface area (Å²) in [6.07, 6.45) is 0.647. The van der Waals surface area contributed by atoms with Gasteiger partial charge in [0.1, 0.15) is 6.04 Å². The number of aromatic nitrogens is 4. The molecule has 1 N–H and O–H groups in total. The molecule has 0 spiro atoms. The van der Waals surface area contributed by atoms with Crippen molar-refractivity contribution in [1.82, 2.24) is 24.1 Å². The normalized spacial score (nSPS) is 12.4. The van der Waals surface area contributed by atoms with Crippen molar-refractivity contribution >= 4 is 28.4 Å². The molecule has 9 heteroatoms. The van der Waals surface area contributed by atoms with Crippen molar-refractivity contribution in [3.8, 4) is 0 Å². The maximum Gasteiger partial charge on any atom is 0.352 e. The minimum absolute atomic E-state index is 0.0754. The van der Waals surface area contributed by atoms with E-state index in [4.69, 9.17) is 0 Å². The van der Waals surface area contributed by atoms with E-state index in [1.807, 2.05) is 40.7 Å². The lowest BCUT2D eigenvalue weighted by atomic mass is 10.0. The van der Waals surface area contributed by atoms with Crippen molar-refractivity contribution < 1.29 is 9.59 Å². The van der Waals surface area contributed by atoms with Gasteiger partial charge in [-0.05, 0) is 76.4 Å². The molecule has 4 aromatic rings. The van der Waals surface area contributed by atoms with Crippen LogP contribution in [0.5, 0.6) is 0 Å². The Kier molecular flexibility index (Phi) is 6.67. The summed E-state index contributed by atoms with van der Waals surface area (Å²) >= 11 is 0. The highest BCUT2D eigenvalue weighted by atomic mass is 16.2. The van der Waals surface area contributed by atoms with Gasteiger partial charge in [-0.3, -0.25) is 19.0 Å². The first-order chi connectivity index (χ1) is 17.0. The Morgan fingerprint density at radius 1 is 0.972 bits per heavy atom. The number of fused-ring (bicyclic) bond motifs is 3. The average Bonchev–Trinajstić information content (AvgIpc) is 3.18. The van der Waals surface area contributed by atoms with Crippen molar-refractivity contribution in [1.29, 1.82) is 0 Å². The number of nitrogens with zero attached hydrogens (tertiary/aromatic N) is 4. The fourth-order valence-electron chi connectivity index (χ4n) is 4.30. The first-order valence-corrected chi connectivity index (χ1v) is 12.1. The Labute approximate surface area is 208 Å². The smallest absolute Gasteiger partial charge is 0.350 e. The van der Waals surface area contributed by atoms with E-state index in [0.717, 1.165) is 15.8 Å². The van der Waals surface area contributed by atoms with Crippen LogP contribution in [0, 0.1) is 13.8 Å². The zero-order valence-electron chi connectivity index (χ0n) is 21.5. The molecule has 0 bridgehead atoms. The molecule has 1 amide bonds. The van der Waals surface area contributed by atoms with Crippen LogP contribution in [0.3, 0.4) is 0 Å². The van der Waals surface area contributed by atoms with Crippen LogP contribution in [0.4, 0.5) is 0 Å². The molecule has 188 valence electrons. The molecular formula is C27H31N5O4. The third kappa shape index (κ3) is 4.25. The number of nitrogens with one attached hydrogen (secondary N) is 1. The molecule has 1 atom stereocenters. The van der Waals surface area contributed by atoms with Crippen molar-refractivity contribution in [2.24, 2.45) is 0 Å². The SMILES string of the molecule is CCCn1c(=O)c2ccc(C(=O)NC(C)C)cc2n2c(=O)n(C(C)C(=O)c3ccc(C)c(C)c3)nc12. The summed E-state index contributed by atoms with van der Waals surface area (Å²) in [4.78, 5) is 52.9. The van der Waals surface area contributed by atoms with Crippen molar-refractivity contribution in [2.75, 3.05) is 0 Å². The summed E-state index contributed by atoms with van der Waals surface area (Å²) in [5.74, 6) is -0.425. The van der Waals surface area contributed by atoms with E-state index >= 15 is 0 Å². The summed E-state index contributed by atoms with van der Waals surface area (Å²) in [5.41, 5.74) is 2.27. The van der Waals surface area contributed by atoms with Crippen LogP contribution >= 0.6 is 0 Å². The molecule has 2 aromatic heterocycles. The van der Waals surface area contributed by atoms with Gasteiger partial charge >= 0.3 is 5.69 Å². The monoisotopic (exact) mass is 489 g/mol. The maximum atomic E-state index is 13.7. The van der Waals surface area contributed by atoms with Crippen LogP contribution in [-0.2, 0) is 6.54 Å². The number of hydrogen-bond acceptors (Lipinski definition) is 5. The number of carbonyl (C=O) groups is 2. The van der Waals surface area contributed by atoms with E-state index in [2.05, 4.69) is 10.4 Å². The van der Waals surface area contributed by atoms with E-state index in [9.17, 15) is 19.2 Å². The fourth-order valence-corrected chi connectivity index (χ4v) is 4.30. The lowest BCUT2D eigenvalue weighted by Gasteiger charge is -2.11. The molecule has 0 radical (unpaired) electrons. The number of Topliss-reactive ketones (excluding diaryl/α,β-unsaturated/α-hetero) is 1.